The number of morpholine rings is 1. The van der Waals surface area contributed by atoms with Gasteiger partial charge in [0.1, 0.15) is 6.10 Å². The van der Waals surface area contributed by atoms with Gasteiger partial charge >= 0.3 is 0 Å². The van der Waals surface area contributed by atoms with Gasteiger partial charge in [0.05, 0.1) is 11.8 Å². The van der Waals surface area contributed by atoms with E-state index in [4.69, 9.17) is 14.3 Å². The molecule has 0 unspecified atom stereocenters. The quantitative estimate of drug-likeness (QED) is 0.835. The second-order valence-electron chi connectivity index (χ2n) is 7.84. The average molecular weight is 359 g/mol. The van der Waals surface area contributed by atoms with E-state index in [0.717, 1.165) is 19.6 Å². The van der Waals surface area contributed by atoms with E-state index in [9.17, 15) is 0 Å². The van der Waals surface area contributed by atoms with Gasteiger partial charge in [-0.1, -0.05) is 19.3 Å². The number of hydrogen-bond donors (Lipinski definition) is 0. The minimum atomic E-state index is -0.158. The van der Waals surface area contributed by atoms with Crippen molar-refractivity contribution in [2.24, 2.45) is 7.05 Å². The molecule has 3 heterocycles. The summed E-state index contributed by atoms with van der Waals surface area (Å²) in [5, 5.41) is 12.9. The molecule has 0 amide bonds. The van der Waals surface area contributed by atoms with Gasteiger partial charge < -0.3 is 9.15 Å². The lowest BCUT2D eigenvalue weighted by molar-refractivity contribution is -0.0918. The molecule has 0 radical (unpaired) electrons. The summed E-state index contributed by atoms with van der Waals surface area (Å²) in [6.07, 6.45) is 8.73. The lowest BCUT2D eigenvalue weighted by atomic mass is 9.85. The van der Waals surface area contributed by atoms with Crippen LogP contribution >= 0.6 is 0 Å². The van der Waals surface area contributed by atoms with E-state index in [1.807, 2.05) is 18.7 Å². The van der Waals surface area contributed by atoms with Crippen molar-refractivity contribution >= 4 is 0 Å². The van der Waals surface area contributed by atoms with Gasteiger partial charge in [0, 0.05) is 51.3 Å². The van der Waals surface area contributed by atoms with Gasteiger partial charge in [-0.15, -0.1) is 10.2 Å². The monoisotopic (exact) mass is 359 g/mol. The van der Waals surface area contributed by atoms with E-state index in [1.54, 1.807) is 0 Å². The number of hydrogen-bond acceptors (Lipinski definition) is 6. The summed E-state index contributed by atoms with van der Waals surface area (Å²) in [4.78, 5) is 2.43. The summed E-state index contributed by atoms with van der Waals surface area (Å²) in [6, 6.07) is 0. The van der Waals surface area contributed by atoms with E-state index in [2.05, 4.69) is 28.2 Å². The molecule has 26 heavy (non-hydrogen) atoms. The van der Waals surface area contributed by atoms with Gasteiger partial charge in [-0.25, -0.2) is 0 Å². The van der Waals surface area contributed by atoms with Crippen LogP contribution in [0.1, 0.15) is 74.1 Å². The minimum Gasteiger partial charge on any atom is -0.423 e. The molecule has 1 aliphatic carbocycles. The lowest BCUT2D eigenvalue weighted by Crippen LogP contribution is -2.42. The summed E-state index contributed by atoms with van der Waals surface area (Å²) in [5.74, 6) is 1.78. The Labute approximate surface area is 154 Å². The second-order valence-corrected chi connectivity index (χ2v) is 7.84. The predicted molar refractivity (Wildman–Crippen MR) is 96.6 cm³/mol. The van der Waals surface area contributed by atoms with E-state index in [0.29, 0.717) is 17.7 Å². The highest BCUT2D eigenvalue weighted by atomic mass is 16.5. The maximum atomic E-state index is 6.05. The maximum absolute atomic E-state index is 6.05. The third-order valence-electron chi connectivity index (χ3n) is 5.48. The first-order valence-electron chi connectivity index (χ1n) is 9.78. The lowest BCUT2D eigenvalue weighted by Gasteiger charge is -2.35. The Morgan fingerprint density at radius 2 is 1.96 bits per heavy atom. The van der Waals surface area contributed by atoms with Crippen LogP contribution in [-0.2, 0) is 18.3 Å². The summed E-state index contributed by atoms with van der Waals surface area (Å²) in [5.41, 5.74) is 2.66. The highest BCUT2D eigenvalue weighted by Gasteiger charge is 2.31. The van der Waals surface area contributed by atoms with Crippen LogP contribution in [0.2, 0.25) is 0 Å². The van der Waals surface area contributed by atoms with E-state index < -0.39 is 0 Å². The zero-order valence-corrected chi connectivity index (χ0v) is 16.0. The van der Waals surface area contributed by atoms with Crippen LogP contribution < -0.4 is 0 Å². The van der Waals surface area contributed by atoms with Gasteiger partial charge in [0.2, 0.25) is 11.8 Å². The fraction of sp³-hybridized carbons (Fsp3) is 0.737. The van der Waals surface area contributed by atoms with Crippen LogP contribution in [-0.4, -0.2) is 44.1 Å². The third-order valence-corrected chi connectivity index (χ3v) is 5.48. The van der Waals surface area contributed by atoms with Crippen molar-refractivity contribution in [3.63, 3.8) is 0 Å². The van der Waals surface area contributed by atoms with Crippen LogP contribution in [0, 0.1) is 6.92 Å². The van der Waals surface area contributed by atoms with Crippen molar-refractivity contribution in [2.45, 2.75) is 70.6 Å². The molecular weight excluding hydrogens is 330 g/mol. The van der Waals surface area contributed by atoms with Gasteiger partial charge in [0.15, 0.2) is 0 Å². The average Bonchev–Trinajstić information content (AvgIpc) is 3.21. The van der Waals surface area contributed by atoms with Crippen molar-refractivity contribution in [1.82, 2.24) is 24.9 Å². The standard InChI is InChI=1S/C19H29N5O2/c1-13-9-24(12-17(25-13)19-21-20-14(2)26-19)11-16-10-23(3)22-18(16)15-7-5-4-6-8-15/h10,13,15,17H,4-9,11-12H2,1-3H3/t13-,17-/m1/s1. The number of ether oxygens (including phenoxy) is 1. The Bertz CT molecular complexity index is 734. The molecule has 2 aromatic heterocycles. The number of nitrogens with zero attached hydrogens (tertiary/aromatic N) is 5. The van der Waals surface area contributed by atoms with E-state index in [1.165, 1.54) is 43.4 Å². The molecule has 2 atom stereocenters. The van der Waals surface area contributed by atoms with E-state index >= 15 is 0 Å². The number of rotatable bonds is 4. The Morgan fingerprint density at radius 1 is 1.15 bits per heavy atom. The first-order valence-corrected chi connectivity index (χ1v) is 9.78. The van der Waals surface area contributed by atoms with Crippen molar-refractivity contribution in [3.05, 3.63) is 29.2 Å². The Hall–Kier alpha value is -1.73. The van der Waals surface area contributed by atoms with Gasteiger partial charge in [-0.05, 0) is 19.8 Å². The van der Waals surface area contributed by atoms with Crippen molar-refractivity contribution in [1.29, 1.82) is 0 Å². The van der Waals surface area contributed by atoms with Crippen LogP contribution in [0.5, 0.6) is 0 Å². The first-order chi connectivity index (χ1) is 12.6. The van der Waals surface area contributed by atoms with Gasteiger partial charge in [-0.2, -0.15) is 5.10 Å². The van der Waals surface area contributed by atoms with Crippen LogP contribution in [0.15, 0.2) is 10.6 Å². The largest absolute Gasteiger partial charge is 0.423 e. The fourth-order valence-electron chi connectivity index (χ4n) is 4.38. The molecule has 7 nitrogen and oxygen atoms in total. The Balaban J connectivity index is 1.49. The fourth-order valence-corrected chi connectivity index (χ4v) is 4.38. The van der Waals surface area contributed by atoms with Crippen molar-refractivity contribution in [3.8, 4) is 0 Å². The predicted octanol–water partition coefficient (Wildman–Crippen LogP) is 3.12. The molecule has 0 bridgehead atoms. The normalized spacial score (nSPS) is 25.7. The highest BCUT2D eigenvalue weighted by molar-refractivity contribution is 5.22. The van der Waals surface area contributed by atoms with Crippen LogP contribution in [0.3, 0.4) is 0 Å². The molecule has 1 saturated carbocycles. The summed E-state index contributed by atoms with van der Waals surface area (Å²) < 4.78 is 13.6. The third kappa shape index (κ3) is 3.83. The number of aryl methyl sites for hydroxylation is 2. The molecule has 0 aromatic carbocycles. The van der Waals surface area contributed by atoms with Crippen LogP contribution in [0.25, 0.3) is 0 Å². The smallest absolute Gasteiger partial charge is 0.246 e. The summed E-state index contributed by atoms with van der Waals surface area (Å²) in [6.45, 7) is 6.49. The van der Waals surface area contributed by atoms with Gasteiger partial charge in [-0.3, -0.25) is 9.58 Å². The molecule has 1 aliphatic heterocycles. The first kappa shape index (κ1) is 17.7. The molecule has 2 aromatic rings. The molecule has 7 heteroatoms. The van der Waals surface area contributed by atoms with Crippen molar-refractivity contribution in [2.75, 3.05) is 13.1 Å². The topological polar surface area (TPSA) is 69.2 Å². The zero-order chi connectivity index (χ0) is 18.1. The Kier molecular flexibility index (Phi) is 5.09. The highest BCUT2D eigenvalue weighted by Crippen LogP contribution is 2.34. The molecular formula is C19H29N5O2. The molecule has 0 spiro atoms. The van der Waals surface area contributed by atoms with E-state index in [-0.39, 0.29) is 12.2 Å². The minimum absolute atomic E-state index is 0.135. The maximum Gasteiger partial charge on any atom is 0.246 e. The molecule has 2 aliphatic rings. The second kappa shape index (κ2) is 7.48. The molecule has 2 fully saturated rings. The molecule has 142 valence electrons. The molecule has 4 rings (SSSR count). The number of aromatic nitrogens is 4. The molecule has 1 saturated heterocycles. The summed E-state index contributed by atoms with van der Waals surface area (Å²) >= 11 is 0. The zero-order valence-electron chi connectivity index (χ0n) is 16.0. The molecule has 0 N–H and O–H groups in total. The summed E-state index contributed by atoms with van der Waals surface area (Å²) in [7, 11) is 2.03. The SMILES string of the molecule is Cc1nnc([C@H]2CN(Cc3cn(C)nc3C3CCCCC3)C[C@@H](C)O2)o1. The van der Waals surface area contributed by atoms with Crippen LogP contribution in [0.4, 0.5) is 0 Å². The van der Waals surface area contributed by atoms with Gasteiger partial charge in [0.25, 0.3) is 0 Å². The Morgan fingerprint density at radius 3 is 2.69 bits per heavy atom. The van der Waals surface area contributed by atoms with Crippen molar-refractivity contribution < 1.29 is 9.15 Å².